The summed E-state index contributed by atoms with van der Waals surface area (Å²) in [7, 11) is 0. The predicted molar refractivity (Wildman–Crippen MR) is 125 cm³/mol. The number of hydrogen-bond acceptors (Lipinski definition) is 4. The van der Waals surface area contributed by atoms with Crippen molar-refractivity contribution >= 4 is 12.0 Å². The molecule has 0 unspecified atom stereocenters. The van der Waals surface area contributed by atoms with E-state index in [4.69, 9.17) is 4.74 Å². The first-order valence-corrected chi connectivity index (χ1v) is 11.7. The summed E-state index contributed by atoms with van der Waals surface area (Å²) in [6.45, 7) is 5.15. The first kappa shape index (κ1) is 21.2. The van der Waals surface area contributed by atoms with Crippen molar-refractivity contribution in [3.63, 3.8) is 0 Å². The number of pyridine rings is 1. The van der Waals surface area contributed by atoms with Gasteiger partial charge in [-0.1, -0.05) is 48.6 Å². The third-order valence-corrected chi connectivity index (χ3v) is 6.98. The average Bonchev–Trinajstić information content (AvgIpc) is 3.10. The van der Waals surface area contributed by atoms with Crippen LogP contribution in [0.3, 0.4) is 0 Å². The first-order chi connectivity index (χ1) is 15.7. The molecule has 3 atom stereocenters. The number of likely N-dealkylation sites (tertiary alicyclic amines) is 1. The summed E-state index contributed by atoms with van der Waals surface area (Å²) in [6.07, 6.45) is 6.17. The Bertz CT molecular complexity index is 1020. The van der Waals surface area contributed by atoms with Gasteiger partial charge in [0, 0.05) is 62.9 Å². The Labute approximate surface area is 189 Å². The van der Waals surface area contributed by atoms with Gasteiger partial charge in [0.05, 0.1) is 6.61 Å². The predicted octanol–water partition coefficient (Wildman–Crippen LogP) is 2.77. The number of rotatable bonds is 4. The zero-order valence-corrected chi connectivity index (χ0v) is 18.4. The number of benzene rings is 1. The van der Waals surface area contributed by atoms with E-state index >= 15 is 0 Å². The van der Waals surface area contributed by atoms with Crippen LogP contribution in [0, 0.1) is 5.92 Å². The summed E-state index contributed by atoms with van der Waals surface area (Å²) >= 11 is 0. The van der Waals surface area contributed by atoms with E-state index in [1.807, 2.05) is 39.8 Å². The van der Waals surface area contributed by atoms with Crippen LogP contribution in [0.4, 0.5) is 0 Å². The first-order valence-electron chi connectivity index (χ1n) is 11.7. The van der Waals surface area contributed by atoms with Crippen LogP contribution in [-0.2, 0) is 9.53 Å². The largest absolute Gasteiger partial charge is 0.380 e. The molecule has 6 heteroatoms. The highest BCUT2D eigenvalue weighted by Gasteiger charge is 2.44. The van der Waals surface area contributed by atoms with Crippen LogP contribution in [0.1, 0.15) is 36.1 Å². The third-order valence-electron chi connectivity index (χ3n) is 6.98. The molecule has 2 bridgehead atoms. The minimum Gasteiger partial charge on any atom is -0.380 e. The highest BCUT2D eigenvalue weighted by Crippen LogP contribution is 2.41. The Morgan fingerprint density at radius 1 is 1.03 bits per heavy atom. The van der Waals surface area contributed by atoms with Crippen molar-refractivity contribution in [1.29, 1.82) is 0 Å². The molecule has 5 rings (SSSR count). The van der Waals surface area contributed by atoms with E-state index < -0.39 is 6.04 Å². The van der Waals surface area contributed by atoms with Gasteiger partial charge < -0.3 is 9.64 Å². The van der Waals surface area contributed by atoms with E-state index in [0.717, 1.165) is 38.2 Å². The summed E-state index contributed by atoms with van der Waals surface area (Å²) in [6, 6.07) is 15.4. The number of amides is 1. The molecule has 1 amide bonds. The lowest BCUT2D eigenvalue weighted by Gasteiger charge is -2.47. The van der Waals surface area contributed by atoms with Gasteiger partial charge in [-0.15, -0.1) is 0 Å². The minimum atomic E-state index is -0.422. The van der Waals surface area contributed by atoms with E-state index in [2.05, 4.69) is 29.2 Å². The fourth-order valence-corrected chi connectivity index (χ4v) is 5.55. The molecule has 0 radical (unpaired) electrons. The molecular weight excluding hydrogens is 402 g/mol. The fraction of sp³-hybridized carbons (Fsp3) is 0.462. The van der Waals surface area contributed by atoms with Crippen LogP contribution in [0.15, 0.2) is 59.4 Å². The van der Waals surface area contributed by atoms with E-state index in [1.165, 1.54) is 5.56 Å². The van der Waals surface area contributed by atoms with Crippen LogP contribution >= 0.6 is 0 Å². The Hall–Kier alpha value is -2.70. The molecule has 6 nitrogen and oxygen atoms in total. The van der Waals surface area contributed by atoms with Crippen LogP contribution in [-0.4, -0.2) is 66.2 Å². The lowest BCUT2D eigenvalue weighted by atomic mass is 9.78. The normalized spacial score (nSPS) is 26.0. The Morgan fingerprint density at radius 3 is 2.78 bits per heavy atom. The summed E-state index contributed by atoms with van der Waals surface area (Å²) in [5.74, 6) is 0.502. The van der Waals surface area contributed by atoms with Gasteiger partial charge in [-0.3, -0.25) is 19.1 Å². The highest BCUT2D eigenvalue weighted by molar-refractivity contribution is 5.81. The fourth-order valence-electron chi connectivity index (χ4n) is 5.55. The van der Waals surface area contributed by atoms with Gasteiger partial charge in [0.2, 0.25) is 5.91 Å². The van der Waals surface area contributed by atoms with Crippen LogP contribution in [0.25, 0.3) is 6.08 Å². The zero-order valence-electron chi connectivity index (χ0n) is 18.4. The Kier molecular flexibility index (Phi) is 6.23. The molecule has 1 aromatic heterocycles. The van der Waals surface area contributed by atoms with Crippen molar-refractivity contribution in [1.82, 2.24) is 14.4 Å². The number of nitrogens with zero attached hydrogens (tertiary/aromatic N) is 3. The molecular formula is C26H31N3O3. The molecule has 3 aliphatic rings. The van der Waals surface area contributed by atoms with E-state index in [-0.39, 0.29) is 23.3 Å². The average molecular weight is 434 g/mol. The molecule has 2 saturated heterocycles. The SMILES string of the molecule is O=C([C@H]1[C@@H]2C[C@@H](CN(C/C=C/c3ccccc3)C2)c2cccc(=O)n21)N1CCCOCC1. The zero-order chi connectivity index (χ0) is 21.9. The molecule has 32 heavy (non-hydrogen) atoms. The maximum Gasteiger partial charge on any atom is 0.251 e. The van der Waals surface area contributed by atoms with Crippen molar-refractivity contribution < 1.29 is 9.53 Å². The van der Waals surface area contributed by atoms with Gasteiger partial charge >= 0.3 is 0 Å². The lowest BCUT2D eigenvalue weighted by Crippen LogP contribution is -2.54. The number of carbonyl (C=O) groups is 1. The van der Waals surface area contributed by atoms with E-state index in [1.54, 1.807) is 6.07 Å². The summed E-state index contributed by atoms with van der Waals surface area (Å²) in [5, 5.41) is 0. The van der Waals surface area contributed by atoms with E-state index in [9.17, 15) is 9.59 Å². The summed E-state index contributed by atoms with van der Waals surface area (Å²) in [5.41, 5.74) is 2.15. The van der Waals surface area contributed by atoms with Gasteiger partial charge in [0.15, 0.2) is 0 Å². The molecule has 168 valence electrons. The molecule has 3 aliphatic heterocycles. The van der Waals surface area contributed by atoms with Gasteiger partial charge in [-0.2, -0.15) is 0 Å². The standard InChI is InChI=1S/C26H31N3O3/c30-24-11-4-10-23-21-17-22(19-27(18-21)12-5-9-20-7-2-1-3-8-20)25(29(23)24)26(31)28-13-6-15-32-16-14-28/h1-5,7-11,21-22,25H,6,12-19H2/b9-5+/t21-,22+,25+/m0/s1. The maximum atomic E-state index is 13.7. The smallest absolute Gasteiger partial charge is 0.251 e. The third kappa shape index (κ3) is 4.30. The second-order valence-electron chi connectivity index (χ2n) is 9.12. The molecule has 2 fully saturated rings. The van der Waals surface area contributed by atoms with Gasteiger partial charge in [-0.05, 0) is 24.5 Å². The molecule has 0 aliphatic carbocycles. The molecule has 0 N–H and O–H groups in total. The topological polar surface area (TPSA) is 54.8 Å². The van der Waals surface area contributed by atoms with Crippen molar-refractivity contribution in [3.05, 3.63) is 76.2 Å². The van der Waals surface area contributed by atoms with Crippen molar-refractivity contribution in [2.45, 2.75) is 24.8 Å². The quantitative estimate of drug-likeness (QED) is 0.744. The second kappa shape index (κ2) is 9.43. The van der Waals surface area contributed by atoms with Crippen molar-refractivity contribution in [2.75, 3.05) is 45.9 Å². The number of hydrogen-bond donors (Lipinski definition) is 0. The van der Waals surface area contributed by atoms with Crippen LogP contribution in [0.5, 0.6) is 0 Å². The summed E-state index contributed by atoms with van der Waals surface area (Å²) < 4.78 is 7.37. The van der Waals surface area contributed by atoms with E-state index in [0.29, 0.717) is 26.3 Å². The Balaban J connectivity index is 1.40. The Morgan fingerprint density at radius 2 is 1.91 bits per heavy atom. The monoisotopic (exact) mass is 433 g/mol. The van der Waals surface area contributed by atoms with Crippen molar-refractivity contribution in [3.8, 4) is 0 Å². The lowest BCUT2D eigenvalue weighted by molar-refractivity contribution is -0.138. The maximum absolute atomic E-state index is 13.7. The molecule has 1 aromatic carbocycles. The second-order valence-corrected chi connectivity index (χ2v) is 9.12. The van der Waals surface area contributed by atoms with Crippen molar-refractivity contribution in [2.24, 2.45) is 5.92 Å². The number of piperidine rings is 1. The van der Waals surface area contributed by atoms with Gasteiger partial charge in [-0.25, -0.2) is 0 Å². The van der Waals surface area contributed by atoms with Gasteiger partial charge in [0.1, 0.15) is 6.04 Å². The number of aromatic nitrogens is 1. The molecule has 0 spiro atoms. The minimum absolute atomic E-state index is 0.0564. The molecule has 2 aromatic rings. The molecule has 4 heterocycles. The van der Waals surface area contributed by atoms with Gasteiger partial charge in [0.25, 0.3) is 5.56 Å². The summed E-state index contributed by atoms with van der Waals surface area (Å²) in [4.78, 5) is 31.0. The number of fused-ring (bicyclic) bond motifs is 4. The number of carbonyl (C=O) groups excluding carboxylic acids is 1. The van der Waals surface area contributed by atoms with Crippen LogP contribution < -0.4 is 5.56 Å². The highest BCUT2D eigenvalue weighted by atomic mass is 16.5. The van der Waals surface area contributed by atoms with Crippen LogP contribution in [0.2, 0.25) is 0 Å². The molecule has 0 saturated carbocycles. The number of ether oxygens (including phenoxy) is 1.